The molecule has 9 nitrogen and oxygen atoms in total. The molecule has 36 heavy (non-hydrogen) atoms. The minimum atomic E-state index is -0.686. The summed E-state index contributed by atoms with van der Waals surface area (Å²) < 4.78 is 14.9. The van der Waals surface area contributed by atoms with E-state index < -0.39 is 11.9 Å². The molecule has 2 aromatic carbocycles. The Morgan fingerprint density at radius 2 is 1.64 bits per heavy atom. The number of nitrogens with zero attached hydrogens (tertiary/aromatic N) is 2. The minimum absolute atomic E-state index is 0.0367. The zero-order chi connectivity index (χ0) is 25.9. The van der Waals surface area contributed by atoms with Crippen LogP contribution in [0.15, 0.2) is 77.2 Å². The number of esters is 2. The standard InChI is InChI=1S/C27H29N3O6/c1-34-18-21-22(28-25(29-26(21)32)20-12-8-5-9-13-20)14-15-30(17-19-10-6-4-7-11-19)23(27(33)36-3)16-24(31)35-2/h4-13,16H,14-15,17-18H2,1-3H3,(H,28,29,32)/b23-16+. The van der Waals surface area contributed by atoms with Crippen molar-refractivity contribution in [2.24, 2.45) is 0 Å². The third-order valence-corrected chi connectivity index (χ3v) is 5.46. The van der Waals surface area contributed by atoms with E-state index in [4.69, 9.17) is 19.2 Å². The lowest BCUT2D eigenvalue weighted by Gasteiger charge is -2.26. The van der Waals surface area contributed by atoms with Gasteiger partial charge in [0.1, 0.15) is 11.5 Å². The average molecular weight is 492 g/mol. The van der Waals surface area contributed by atoms with E-state index in [1.165, 1.54) is 21.3 Å². The number of rotatable bonds is 11. The lowest BCUT2D eigenvalue weighted by atomic mass is 10.1. The second-order valence-corrected chi connectivity index (χ2v) is 7.84. The molecule has 0 radical (unpaired) electrons. The molecule has 3 aromatic rings. The van der Waals surface area contributed by atoms with Gasteiger partial charge in [0.15, 0.2) is 0 Å². The summed E-state index contributed by atoms with van der Waals surface area (Å²) in [5.74, 6) is -0.935. The van der Waals surface area contributed by atoms with Crippen LogP contribution in [0.25, 0.3) is 11.4 Å². The van der Waals surface area contributed by atoms with Crippen LogP contribution < -0.4 is 5.56 Å². The number of aromatic amines is 1. The molecule has 3 rings (SSSR count). The molecule has 188 valence electrons. The van der Waals surface area contributed by atoms with Gasteiger partial charge in [-0.25, -0.2) is 14.6 Å². The van der Waals surface area contributed by atoms with E-state index in [1.807, 2.05) is 60.7 Å². The van der Waals surface area contributed by atoms with Crippen molar-refractivity contribution in [1.29, 1.82) is 0 Å². The Hall–Kier alpha value is -4.24. The number of hydrogen-bond acceptors (Lipinski definition) is 8. The molecule has 1 heterocycles. The molecule has 1 N–H and O–H groups in total. The summed E-state index contributed by atoms with van der Waals surface area (Å²) in [5.41, 5.74) is 2.34. The van der Waals surface area contributed by atoms with Crippen molar-refractivity contribution in [2.45, 2.75) is 19.6 Å². The van der Waals surface area contributed by atoms with Crippen LogP contribution in [0.4, 0.5) is 0 Å². The van der Waals surface area contributed by atoms with Crippen LogP contribution in [0, 0.1) is 0 Å². The molecule has 0 amide bonds. The number of hydrogen-bond donors (Lipinski definition) is 1. The summed E-state index contributed by atoms with van der Waals surface area (Å²) in [7, 11) is 3.98. The highest BCUT2D eigenvalue weighted by molar-refractivity contribution is 5.95. The van der Waals surface area contributed by atoms with Crippen LogP contribution in [-0.4, -0.2) is 54.7 Å². The molecule has 0 aliphatic heterocycles. The maximum atomic E-state index is 12.9. The summed E-state index contributed by atoms with van der Waals surface area (Å²) >= 11 is 0. The van der Waals surface area contributed by atoms with Crippen LogP contribution in [0.2, 0.25) is 0 Å². The van der Waals surface area contributed by atoms with Crippen molar-refractivity contribution < 1.29 is 23.8 Å². The van der Waals surface area contributed by atoms with Gasteiger partial charge in [0.05, 0.1) is 38.2 Å². The van der Waals surface area contributed by atoms with Crippen LogP contribution in [-0.2, 0) is 43.4 Å². The Balaban J connectivity index is 2.01. The Morgan fingerprint density at radius 1 is 0.972 bits per heavy atom. The number of benzene rings is 2. The lowest BCUT2D eigenvalue weighted by molar-refractivity contribution is -0.140. The summed E-state index contributed by atoms with van der Waals surface area (Å²) in [6.07, 6.45) is 1.40. The second kappa shape index (κ2) is 13.0. The first-order valence-corrected chi connectivity index (χ1v) is 11.3. The van der Waals surface area contributed by atoms with Gasteiger partial charge < -0.3 is 24.1 Å². The Bertz CT molecular complexity index is 1260. The van der Waals surface area contributed by atoms with Gasteiger partial charge in [-0.15, -0.1) is 0 Å². The fraction of sp³-hybridized carbons (Fsp3) is 0.259. The predicted octanol–water partition coefficient (Wildman–Crippen LogP) is 2.86. The average Bonchev–Trinajstić information content (AvgIpc) is 2.91. The van der Waals surface area contributed by atoms with Crippen LogP contribution in [0.1, 0.15) is 16.8 Å². The molecule has 9 heteroatoms. The van der Waals surface area contributed by atoms with E-state index >= 15 is 0 Å². The molecular weight excluding hydrogens is 462 g/mol. The molecule has 0 aliphatic rings. The molecule has 0 fully saturated rings. The van der Waals surface area contributed by atoms with Crippen molar-refractivity contribution in [3.05, 3.63) is 99.6 Å². The molecule has 1 aromatic heterocycles. The molecule has 0 saturated heterocycles. The Labute approximate surface area is 209 Å². The molecule has 0 saturated carbocycles. The molecule has 0 aliphatic carbocycles. The summed E-state index contributed by atoms with van der Waals surface area (Å²) in [6, 6.07) is 18.8. The lowest BCUT2D eigenvalue weighted by Crippen LogP contribution is -2.32. The van der Waals surface area contributed by atoms with Gasteiger partial charge >= 0.3 is 11.9 Å². The number of ether oxygens (including phenoxy) is 3. The first-order chi connectivity index (χ1) is 17.5. The highest BCUT2D eigenvalue weighted by Crippen LogP contribution is 2.18. The van der Waals surface area contributed by atoms with Gasteiger partial charge in [-0.1, -0.05) is 60.7 Å². The largest absolute Gasteiger partial charge is 0.466 e. The van der Waals surface area contributed by atoms with E-state index in [9.17, 15) is 14.4 Å². The van der Waals surface area contributed by atoms with E-state index in [2.05, 4.69) is 4.98 Å². The number of carbonyl (C=O) groups is 2. The van der Waals surface area contributed by atoms with Crippen molar-refractivity contribution >= 4 is 11.9 Å². The fourth-order valence-electron chi connectivity index (χ4n) is 3.66. The van der Waals surface area contributed by atoms with Crippen molar-refractivity contribution in [1.82, 2.24) is 14.9 Å². The highest BCUT2D eigenvalue weighted by Gasteiger charge is 2.22. The molecule has 0 atom stereocenters. The Morgan fingerprint density at radius 3 is 2.25 bits per heavy atom. The van der Waals surface area contributed by atoms with E-state index in [-0.39, 0.29) is 24.4 Å². The zero-order valence-corrected chi connectivity index (χ0v) is 20.5. The molecule has 0 spiro atoms. The fourth-order valence-corrected chi connectivity index (χ4v) is 3.66. The number of carbonyl (C=O) groups excluding carboxylic acids is 2. The van der Waals surface area contributed by atoms with Gasteiger partial charge in [-0.2, -0.15) is 0 Å². The maximum absolute atomic E-state index is 12.9. The molecular formula is C27H29N3O6. The van der Waals surface area contributed by atoms with E-state index in [0.717, 1.165) is 17.2 Å². The van der Waals surface area contributed by atoms with Gasteiger partial charge in [-0.3, -0.25) is 4.79 Å². The van der Waals surface area contributed by atoms with Crippen molar-refractivity contribution in [2.75, 3.05) is 27.9 Å². The van der Waals surface area contributed by atoms with Gasteiger partial charge in [-0.05, 0) is 5.56 Å². The zero-order valence-electron chi connectivity index (χ0n) is 20.5. The first-order valence-electron chi connectivity index (χ1n) is 11.3. The van der Waals surface area contributed by atoms with Crippen LogP contribution in [0.3, 0.4) is 0 Å². The summed E-state index contributed by atoms with van der Waals surface area (Å²) in [6.45, 7) is 0.647. The third kappa shape index (κ3) is 6.89. The minimum Gasteiger partial charge on any atom is -0.466 e. The Kier molecular flexibility index (Phi) is 9.53. The maximum Gasteiger partial charge on any atom is 0.354 e. The molecule has 0 unspecified atom stereocenters. The van der Waals surface area contributed by atoms with Gasteiger partial charge in [0.2, 0.25) is 0 Å². The van der Waals surface area contributed by atoms with E-state index in [1.54, 1.807) is 4.90 Å². The first kappa shape index (κ1) is 26.4. The highest BCUT2D eigenvalue weighted by atomic mass is 16.5. The smallest absolute Gasteiger partial charge is 0.354 e. The monoisotopic (exact) mass is 491 g/mol. The number of aromatic nitrogens is 2. The number of H-pyrrole nitrogens is 1. The van der Waals surface area contributed by atoms with Crippen molar-refractivity contribution in [3.63, 3.8) is 0 Å². The topological polar surface area (TPSA) is 111 Å². The predicted molar refractivity (Wildman–Crippen MR) is 134 cm³/mol. The number of nitrogens with one attached hydrogen (secondary N) is 1. The normalized spacial score (nSPS) is 11.1. The molecule has 0 bridgehead atoms. The quantitative estimate of drug-likeness (QED) is 0.322. The van der Waals surface area contributed by atoms with E-state index in [0.29, 0.717) is 30.0 Å². The summed E-state index contributed by atoms with van der Waals surface area (Å²) in [5, 5.41) is 0. The van der Waals surface area contributed by atoms with Crippen LogP contribution in [0.5, 0.6) is 0 Å². The number of methoxy groups -OCH3 is 3. The SMILES string of the molecule is COCc1c(CCN(Cc2ccccc2)/C(=C/C(=O)OC)C(=O)OC)nc(-c2ccccc2)[nH]c1=O. The van der Waals surface area contributed by atoms with Crippen LogP contribution >= 0.6 is 0 Å². The van der Waals surface area contributed by atoms with Gasteiger partial charge in [0, 0.05) is 32.2 Å². The van der Waals surface area contributed by atoms with Crippen molar-refractivity contribution in [3.8, 4) is 11.4 Å². The second-order valence-electron chi connectivity index (χ2n) is 7.84. The van der Waals surface area contributed by atoms with Gasteiger partial charge in [0.25, 0.3) is 5.56 Å². The summed E-state index contributed by atoms with van der Waals surface area (Å²) in [4.78, 5) is 46.8. The third-order valence-electron chi connectivity index (χ3n) is 5.46.